The molecule has 0 spiro atoms. The van der Waals surface area contributed by atoms with Gasteiger partial charge in [0.25, 0.3) is 5.56 Å². The van der Waals surface area contributed by atoms with E-state index in [1.54, 1.807) is 10.6 Å². The molecule has 0 saturated carbocycles. The fourth-order valence-corrected chi connectivity index (χ4v) is 4.28. The fraction of sp³-hybridized carbons (Fsp3) is 0.375. The third-order valence-corrected chi connectivity index (χ3v) is 5.98. The Morgan fingerprint density at radius 1 is 1.19 bits per heavy atom. The Morgan fingerprint density at radius 2 is 1.97 bits per heavy atom. The second kappa shape index (κ2) is 10.5. The van der Waals surface area contributed by atoms with Crippen LogP contribution in [0.1, 0.15) is 37.3 Å². The third-order valence-electron chi connectivity index (χ3n) is 5.04. The minimum Gasteiger partial charge on any atom is -0.493 e. The highest BCUT2D eigenvalue weighted by molar-refractivity contribution is 7.99. The molecule has 0 N–H and O–H groups in total. The van der Waals surface area contributed by atoms with Gasteiger partial charge in [0.2, 0.25) is 0 Å². The predicted molar refractivity (Wildman–Crippen MR) is 124 cm³/mol. The Labute approximate surface area is 186 Å². The van der Waals surface area contributed by atoms with Gasteiger partial charge in [-0.25, -0.2) is 4.98 Å². The second-order valence-electron chi connectivity index (χ2n) is 7.56. The van der Waals surface area contributed by atoms with Gasteiger partial charge in [0.1, 0.15) is 5.75 Å². The summed E-state index contributed by atoms with van der Waals surface area (Å²) >= 11 is 1.44. The summed E-state index contributed by atoms with van der Waals surface area (Å²) in [5.41, 5.74) is 3.02. The summed E-state index contributed by atoms with van der Waals surface area (Å²) in [6, 6.07) is 13.4. The van der Waals surface area contributed by atoms with E-state index in [2.05, 4.69) is 37.9 Å². The molecule has 1 aromatic heterocycles. The van der Waals surface area contributed by atoms with Crippen LogP contribution in [0.3, 0.4) is 0 Å². The Bertz CT molecular complexity index is 1120. The zero-order chi connectivity index (χ0) is 22.4. The number of carbonyl (C=O) groups excluding carboxylic acids is 1. The van der Waals surface area contributed by atoms with Crippen molar-refractivity contribution in [2.24, 2.45) is 0 Å². The number of esters is 1. The van der Waals surface area contributed by atoms with Crippen LogP contribution < -0.4 is 10.3 Å². The average Bonchev–Trinajstić information content (AvgIpc) is 2.76. The van der Waals surface area contributed by atoms with Crippen molar-refractivity contribution >= 4 is 28.6 Å². The minimum atomic E-state index is -0.362. The number of thioether (sulfide) groups is 1. The zero-order valence-corrected chi connectivity index (χ0v) is 19.2. The first-order valence-corrected chi connectivity index (χ1v) is 11.3. The first kappa shape index (κ1) is 22.9. The van der Waals surface area contributed by atoms with Crippen molar-refractivity contribution in [3.8, 4) is 5.75 Å². The topological polar surface area (TPSA) is 70.4 Å². The molecule has 3 aromatic rings. The summed E-state index contributed by atoms with van der Waals surface area (Å²) in [5, 5.41) is 1.11. The predicted octanol–water partition coefficient (Wildman–Crippen LogP) is 4.56. The van der Waals surface area contributed by atoms with Crippen LogP contribution in [0.5, 0.6) is 5.75 Å². The fourth-order valence-electron chi connectivity index (χ4n) is 3.44. The summed E-state index contributed by atoms with van der Waals surface area (Å²) in [4.78, 5) is 29.2. The summed E-state index contributed by atoms with van der Waals surface area (Å²) in [5.74, 6) is 1.57. The first-order valence-electron chi connectivity index (χ1n) is 10.3. The van der Waals surface area contributed by atoms with Crippen molar-refractivity contribution in [1.29, 1.82) is 0 Å². The van der Waals surface area contributed by atoms with E-state index in [0.717, 1.165) is 5.75 Å². The number of carbonyl (C=O) groups is 1. The largest absolute Gasteiger partial charge is 0.493 e. The molecular formula is C24H28N2O4S. The molecule has 0 radical (unpaired) electrons. The highest BCUT2D eigenvalue weighted by atomic mass is 32.2. The molecule has 0 aliphatic carbocycles. The van der Waals surface area contributed by atoms with Crippen LogP contribution in [-0.4, -0.2) is 35.0 Å². The van der Waals surface area contributed by atoms with Gasteiger partial charge >= 0.3 is 5.97 Å². The van der Waals surface area contributed by atoms with Crippen molar-refractivity contribution in [3.63, 3.8) is 0 Å². The number of hydrogen-bond donors (Lipinski definition) is 0. The lowest BCUT2D eigenvalue weighted by Crippen LogP contribution is -2.25. The molecule has 164 valence electrons. The standard InChI is InChI=1S/C24H28N2O4S/c1-16(2)19-10-9-18(15-17(19)3)30-13-14-31-24-25-21-8-6-5-7-20(21)23(28)26(24)12-11-22(27)29-4/h5-10,15-16H,11-14H2,1-4H3. The maximum absolute atomic E-state index is 13.0. The van der Waals surface area contributed by atoms with Crippen molar-refractivity contribution < 1.29 is 14.3 Å². The molecular weight excluding hydrogens is 412 g/mol. The smallest absolute Gasteiger partial charge is 0.307 e. The van der Waals surface area contributed by atoms with E-state index in [1.807, 2.05) is 24.3 Å². The van der Waals surface area contributed by atoms with Crippen LogP contribution in [0.2, 0.25) is 0 Å². The number of nitrogens with zero attached hydrogens (tertiary/aromatic N) is 2. The minimum absolute atomic E-state index is 0.113. The van der Waals surface area contributed by atoms with E-state index in [-0.39, 0.29) is 24.5 Å². The van der Waals surface area contributed by atoms with Crippen LogP contribution in [0.25, 0.3) is 10.9 Å². The van der Waals surface area contributed by atoms with Gasteiger partial charge in [-0.05, 0) is 48.2 Å². The Hall–Kier alpha value is -2.80. The van der Waals surface area contributed by atoms with Gasteiger partial charge in [-0.3, -0.25) is 14.2 Å². The summed E-state index contributed by atoms with van der Waals surface area (Å²) < 4.78 is 12.2. The number of methoxy groups -OCH3 is 1. The van der Waals surface area contributed by atoms with Crippen molar-refractivity contribution in [2.75, 3.05) is 19.5 Å². The number of benzene rings is 2. The molecule has 3 rings (SSSR count). The molecule has 0 fully saturated rings. The van der Waals surface area contributed by atoms with Gasteiger partial charge in [0.15, 0.2) is 5.16 Å². The van der Waals surface area contributed by atoms with Crippen LogP contribution >= 0.6 is 11.8 Å². The van der Waals surface area contributed by atoms with Gasteiger partial charge in [0.05, 0.1) is 31.0 Å². The molecule has 31 heavy (non-hydrogen) atoms. The molecule has 7 heteroatoms. The Balaban J connectivity index is 1.72. The van der Waals surface area contributed by atoms with Gasteiger partial charge in [-0.15, -0.1) is 0 Å². The maximum Gasteiger partial charge on any atom is 0.307 e. The molecule has 6 nitrogen and oxygen atoms in total. The monoisotopic (exact) mass is 440 g/mol. The summed E-state index contributed by atoms with van der Waals surface area (Å²) in [6.07, 6.45) is 0.113. The normalized spacial score (nSPS) is 11.1. The van der Waals surface area contributed by atoms with Gasteiger partial charge in [-0.2, -0.15) is 0 Å². The van der Waals surface area contributed by atoms with Crippen LogP contribution in [0.15, 0.2) is 52.4 Å². The van der Waals surface area contributed by atoms with Crippen LogP contribution in [0.4, 0.5) is 0 Å². The van der Waals surface area contributed by atoms with Crippen LogP contribution in [0, 0.1) is 6.92 Å². The molecule has 0 aliphatic rings. The highest BCUT2D eigenvalue weighted by Gasteiger charge is 2.13. The number of fused-ring (bicyclic) bond motifs is 1. The molecule has 0 bridgehead atoms. The highest BCUT2D eigenvalue weighted by Crippen LogP contribution is 2.24. The third kappa shape index (κ3) is 5.67. The maximum atomic E-state index is 13.0. The van der Waals surface area contributed by atoms with Crippen molar-refractivity contribution in [1.82, 2.24) is 9.55 Å². The number of aryl methyl sites for hydroxylation is 1. The second-order valence-corrected chi connectivity index (χ2v) is 8.63. The Morgan fingerprint density at radius 3 is 2.68 bits per heavy atom. The van der Waals surface area contributed by atoms with E-state index in [1.165, 1.54) is 30.0 Å². The molecule has 0 amide bonds. The lowest BCUT2D eigenvalue weighted by molar-refractivity contribution is -0.140. The Kier molecular flexibility index (Phi) is 7.74. The number of ether oxygens (including phenoxy) is 2. The van der Waals surface area contributed by atoms with E-state index in [4.69, 9.17) is 9.47 Å². The van der Waals surface area contributed by atoms with E-state index in [0.29, 0.717) is 34.3 Å². The molecule has 0 saturated heterocycles. The lowest BCUT2D eigenvalue weighted by atomic mass is 9.98. The number of aromatic nitrogens is 2. The van der Waals surface area contributed by atoms with E-state index < -0.39 is 0 Å². The van der Waals surface area contributed by atoms with E-state index in [9.17, 15) is 9.59 Å². The molecule has 0 aliphatic heterocycles. The van der Waals surface area contributed by atoms with Gasteiger partial charge in [0, 0.05) is 12.3 Å². The molecule has 2 aromatic carbocycles. The molecule has 1 heterocycles. The summed E-state index contributed by atoms with van der Waals surface area (Å²) in [6.45, 7) is 7.15. The average molecular weight is 441 g/mol. The number of rotatable bonds is 9. The zero-order valence-electron chi connectivity index (χ0n) is 18.4. The molecule has 0 atom stereocenters. The lowest BCUT2D eigenvalue weighted by Gasteiger charge is -2.14. The SMILES string of the molecule is COC(=O)CCn1c(SCCOc2ccc(C(C)C)c(C)c2)nc2ccccc2c1=O. The quantitative estimate of drug-likeness (QED) is 0.210. The van der Waals surface area contributed by atoms with Crippen molar-refractivity contribution in [3.05, 3.63) is 63.9 Å². The summed E-state index contributed by atoms with van der Waals surface area (Å²) in [7, 11) is 1.34. The number of para-hydroxylation sites is 1. The molecule has 0 unspecified atom stereocenters. The van der Waals surface area contributed by atoms with Crippen molar-refractivity contribution in [2.45, 2.75) is 44.8 Å². The first-order chi connectivity index (χ1) is 14.9. The van der Waals surface area contributed by atoms with E-state index >= 15 is 0 Å². The number of hydrogen-bond acceptors (Lipinski definition) is 6. The van der Waals surface area contributed by atoms with Crippen LogP contribution in [-0.2, 0) is 16.1 Å². The van der Waals surface area contributed by atoms with Gasteiger partial charge < -0.3 is 9.47 Å². The van der Waals surface area contributed by atoms with Gasteiger partial charge in [-0.1, -0.05) is 43.8 Å².